The highest BCUT2D eigenvalue weighted by molar-refractivity contribution is 8.02. The maximum atomic E-state index is 13.0. The lowest BCUT2D eigenvalue weighted by atomic mass is 10.2. The number of hydroxylamine groups is 1. The van der Waals surface area contributed by atoms with E-state index in [1.54, 1.807) is 35.9 Å². The third-order valence-electron chi connectivity index (χ3n) is 3.40. The van der Waals surface area contributed by atoms with Gasteiger partial charge in [0.15, 0.2) is 0 Å². The summed E-state index contributed by atoms with van der Waals surface area (Å²) in [6.45, 7) is 0. The van der Waals surface area contributed by atoms with Crippen molar-refractivity contribution in [2.24, 2.45) is 0 Å². The van der Waals surface area contributed by atoms with Crippen LogP contribution in [0.5, 0.6) is 5.75 Å². The van der Waals surface area contributed by atoms with Gasteiger partial charge in [-0.05, 0) is 54.4 Å². The largest absolute Gasteiger partial charge is 0.495 e. The van der Waals surface area contributed by atoms with E-state index in [9.17, 15) is 9.18 Å². The van der Waals surface area contributed by atoms with E-state index in [1.807, 2.05) is 0 Å². The van der Waals surface area contributed by atoms with Crippen molar-refractivity contribution in [3.05, 3.63) is 60.0 Å². The molecule has 1 heterocycles. The Morgan fingerprint density at radius 2 is 2.04 bits per heavy atom. The number of ether oxygens (including phenoxy) is 1. The smallest absolute Gasteiger partial charge is 0.274 e. The lowest BCUT2D eigenvalue weighted by molar-refractivity contribution is 0.0706. The standard InChI is InChI=1S/C17H14FN3O3S2/c1-24-14-8-11(16(22)20-23)4-7-13(14)21-26-15-9-19-17(25-15)10-2-5-12(18)6-3-10/h2-9,21,23H,1H3,(H,20,22). The van der Waals surface area contributed by atoms with E-state index in [2.05, 4.69) is 9.71 Å². The van der Waals surface area contributed by atoms with Gasteiger partial charge in [0.05, 0.1) is 19.0 Å². The molecule has 0 fully saturated rings. The Morgan fingerprint density at radius 3 is 2.73 bits per heavy atom. The fraction of sp³-hybridized carbons (Fsp3) is 0.0588. The number of halogens is 1. The minimum absolute atomic E-state index is 0.274. The number of methoxy groups -OCH3 is 1. The Labute approximate surface area is 157 Å². The van der Waals surface area contributed by atoms with Gasteiger partial charge in [0, 0.05) is 11.1 Å². The fourth-order valence-corrected chi connectivity index (χ4v) is 3.79. The Hall–Kier alpha value is -2.62. The van der Waals surface area contributed by atoms with Crippen LogP contribution in [0.3, 0.4) is 0 Å². The lowest BCUT2D eigenvalue weighted by Crippen LogP contribution is -2.18. The molecule has 0 aliphatic rings. The number of nitrogens with zero attached hydrogens (tertiary/aromatic N) is 1. The summed E-state index contributed by atoms with van der Waals surface area (Å²) in [5.41, 5.74) is 3.37. The van der Waals surface area contributed by atoms with Crippen LogP contribution in [0.15, 0.2) is 52.9 Å². The third-order valence-corrected chi connectivity index (χ3v) is 5.37. The van der Waals surface area contributed by atoms with E-state index in [0.29, 0.717) is 11.4 Å². The van der Waals surface area contributed by atoms with Crippen LogP contribution in [0.25, 0.3) is 10.6 Å². The first kappa shape index (κ1) is 18.2. The molecule has 3 aromatic rings. The maximum absolute atomic E-state index is 13.0. The molecule has 0 saturated heterocycles. The second kappa shape index (κ2) is 8.17. The van der Waals surface area contributed by atoms with Gasteiger partial charge in [-0.25, -0.2) is 14.9 Å². The number of rotatable bonds is 6. The minimum Gasteiger partial charge on any atom is -0.495 e. The van der Waals surface area contributed by atoms with Crippen LogP contribution in [0.2, 0.25) is 0 Å². The van der Waals surface area contributed by atoms with Gasteiger partial charge in [-0.15, -0.1) is 11.3 Å². The van der Waals surface area contributed by atoms with E-state index >= 15 is 0 Å². The molecule has 134 valence electrons. The van der Waals surface area contributed by atoms with E-state index in [0.717, 1.165) is 14.8 Å². The first-order chi connectivity index (χ1) is 12.6. The lowest BCUT2D eigenvalue weighted by Gasteiger charge is -2.10. The molecule has 9 heteroatoms. The summed E-state index contributed by atoms with van der Waals surface area (Å²) in [5, 5.41) is 9.49. The van der Waals surface area contributed by atoms with Crippen molar-refractivity contribution in [3.63, 3.8) is 0 Å². The van der Waals surface area contributed by atoms with Crippen molar-refractivity contribution in [1.82, 2.24) is 10.5 Å². The molecule has 26 heavy (non-hydrogen) atoms. The second-order valence-electron chi connectivity index (χ2n) is 5.05. The van der Waals surface area contributed by atoms with Gasteiger partial charge >= 0.3 is 0 Å². The van der Waals surface area contributed by atoms with Gasteiger partial charge in [-0.1, -0.05) is 0 Å². The number of anilines is 1. The van der Waals surface area contributed by atoms with Gasteiger partial charge in [-0.2, -0.15) is 0 Å². The third kappa shape index (κ3) is 4.13. The number of nitrogens with one attached hydrogen (secondary N) is 2. The average Bonchev–Trinajstić information content (AvgIpc) is 3.15. The van der Waals surface area contributed by atoms with Crippen LogP contribution < -0.4 is 14.9 Å². The van der Waals surface area contributed by atoms with E-state index in [-0.39, 0.29) is 11.4 Å². The number of carbonyl (C=O) groups excluding carboxylic acids is 1. The Balaban J connectivity index is 1.71. The quantitative estimate of drug-likeness (QED) is 0.332. The van der Waals surface area contributed by atoms with Crippen molar-refractivity contribution >= 4 is 34.9 Å². The Bertz CT molecular complexity index is 916. The molecule has 0 radical (unpaired) electrons. The first-order valence-electron chi connectivity index (χ1n) is 7.38. The van der Waals surface area contributed by atoms with Gasteiger partial charge in [0.1, 0.15) is 20.8 Å². The molecule has 0 unspecified atom stereocenters. The van der Waals surface area contributed by atoms with Crippen molar-refractivity contribution < 1.29 is 19.1 Å². The Kier molecular flexibility index (Phi) is 5.71. The van der Waals surface area contributed by atoms with Crippen LogP contribution in [0.1, 0.15) is 10.4 Å². The van der Waals surface area contributed by atoms with Crippen LogP contribution >= 0.6 is 23.3 Å². The molecule has 0 aliphatic carbocycles. The molecule has 0 atom stereocenters. The van der Waals surface area contributed by atoms with Crippen LogP contribution in [-0.2, 0) is 0 Å². The summed E-state index contributed by atoms with van der Waals surface area (Å²) in [4.78, 5) is 15.8. The van der Waals surface area contributed by atoms with Crippen LogP contribution in [-0.4, -0.2) is 23.2 Å². The summed E-state index contributed by atoms with van der Waals surface area (Å²) >= 11 is 2.81. The maximum Gasteiger partial charge on any atom is 0.274 e. The number of thiazole rings is 1. The van der Waals surface area contributed by atoms with Gasteiger partial charge in [-0.3, -0.25) is 10.0 Å². The van der Waals surface area contributed by atoms with E-state index in [1.165, 1.54) is 48.6 Å². The number of hydrogen-bond donors (Lipinski definition) is 3. The summed E-state index contributed by atoms with van der Waals surface area (Å²) in [5.74, 6) is -0.442. The average molecular weight is 391 g/mol. The predicted octanol–water partition coefficient (Wildman–Crippen LogP) is 4.20. The molecule has 6 nitrogen and oxygen atoms in total. The number of benzene rings is 2. The molecule has 3 N–H and O–H groups in total. The second-order valence-corrected chi connectivity index (χ2v) is 7.19. The van der Waals surface area contributed by atoms with E-state index < -0.39 is 5.91 Å². The zero-order chi connectivity index (χ0) is 18.5. The zero-order valence-corrected chi connectivity index (χ0v) is 15.2. The molecule has 1 amide bonds. The van der Waals surface area contributed by atoms with E-state index in [4.69, 9.17) is 9.94 Å². The van der Waals surface area contributed by atoms with Gasteiger partial charge in [0.25, 0.3) is 5.91 Å². The molecule has 1 aromatic heterocycles. The number of carbonyl (C=O) groups is 1. The molecule has 0 saturated carbocycles. The normalized spacial score (nSPS) is 10.4. The molecule has 3 rings (SSSR count). The summed E-state index contributed by atoms with van der Waals surface area (Å²) in [6, 6.07) is 10.9. The molecular formula is C17H14FN3O3S2. The first-order valence-corrected chi connectivity index (χ1v) is 9.01. The van der Waals surface area contributed by atoms with Crippen molar-refractivity contribution in [2.45, 2.75) is 4.21 Å². The van der Waals surface area contributed by atoms with Crippen LogP contribution in [0, 0.1) is 5.82 Å². The summed E-state index contributed by atoms with van der Waals surface area (Å²) in [7, 11) is 1.49. The van der Waals surface area contributed by atoms with Crippen LogP contribution in [0.4, 0.5) is 10.1 Å². The highest BCUT2D eigenvalue weighted by atomic mass is 32.2. The Morgan fingerprint density at radius 1 is 1.27 bits per heavy atom. The van der Waals surface area contributed by atoms with Crippen molar-refractivity contribution in [3.8, 4) is 16.3 Å². The molecule has 0 spiro atoms. The SMILES string of the molecule is COc1cc(C(=O)NO)ccc1NSc1cnc(-c2ccc(F)cc2)s1. The topological polar surface area (TPSA) is 83.5 Å². The monoisotopic (exact) mass is 391 g/mol. The molecule has 0 aliphatic heterocycles. The number of amides is 1. The highest BCUT2D eigenvalue weighted by Crippen LogP contribution is 2.34. The molecule has 2 aromatic carbocycles. The zero-order valence-electron chi connectivity index (χ0n) is 13.5. The molecule has 0 bridgehead atoms. The fourth-order valence-electron chi connectivity index (χ4n) is 2.12. The van der Waals surface area contributed by atoms with Gasteiger partial charge < -0.3 is 9.46 Å². The van der Waals surface area contributed by atoms with Crippen molar-refractivity contribution in [1.29, 1.82) is 0 Å². The predicted molar refractivity (Wildman–Crippen MR) is 99.2 cm³/mol. The highest BCUT2D eigenvalue weighted by Gasteiger charge is 2.11. The molecular weight excluding hydrogens is 377 g/mol. The number of aromatic nitrogens is 1. The number of hydrogen-bond acceptors (Lipinski definition) is 7. The summed E-state index contributed by atoms with van der Waals surface area (Å²) in [6.07, 6.45) is 1.72. The minimum atomic E-state index is -0.617. The van der Waals surface area contributed by atoms with Gasteiger partial charge in [0.2, 0.25) is 0 Å². The van der Waals surface area contributed by atoms with Crippen molar-refractivity contribution in [2.75, 3.05) is 11.8 Å². The summed E-state index contributed by atoms with van der Waals surface area (Å²) < 4.78 is 22.3.